The van der Waals surface area contributed by atoms with Crippen molar-refractivity contribution in [3.8, 4) is 18.0 Å². The maximum atomic E-state index is 10.7. The molecular formula is C15H11N5O2. The minimum Gasteiger partial charge on any atom is -0.480 e. The van der Waals surface area contributed by atoms with E-state index < -0.39 is 5.97 Å². The van der Waals surface area contributed by atoms with Crippen LogP contribution in [0.1, 0.15) is 5.56 Å². The maximum Gasteiger partial charge on any atom is 0.322 e. The van der Waals surface area contributed by atoms with Crippen molar-refractivity contribution in [1.82, 2.24) is 19.7 Å². The lowest BCUT2D eigenvalue weighted by molar-refractivity contribution is -0.134. The van der Waals surface area contributed by atoms with E-state index in [4.69, 9.17) is 11.5 Å². The van der Waals surface area contributed by atoms with Gasteiger partial charge in [0.25, 0.3) is 0 Å². The average Bonchev–Trinajstić information content (AvgIpc) is 2.97. The molecule has 0 spiro atoms. The first-order chi connectivity index (χ1) is 10.7. The molecule has 0 aliphatic rings. The zero-order valence-corrected chi connectivity index (χ0v) is 11.4. The summed E-state index contributed by atoms with van der Waals surface area (Å²) in [4.78, 5) is 18.9. The Morgan fingerprint density at radius 3 is 3.05 bits per heavy atom. The quantitative estimate of drug-likeness (QED) is 0.704. The number of carboxylic acids is 1. The van der Waals surface area contributed by atoms with Gasteiger partial charge in [-0.2, -0.15) is 5.10 Å². The lowest BCUT2D eigenvalue weighted by atomic mass is 10.2. The first-order valence-electron chi connectivity index (χ1n) is 6.40. The number of anilines is 1. The van der Waals surface area contributed by atoms with E-state index in [-0.39, 0.29) is 6.54 Å². The van der Waals surface area contributed by atoms with Gasteiger partial charge >= 0.3 is 5.97 Å². The van der Waals surface area contributed by atoms with Gasteiger partial charge in [-0.15, -0.1) is 6.42 Å². The van der Waals surface area contributed by atoms with Crippen LogP contribution in [-0.4, -0.2) is 37.4 Å². The van der Waals surface area contributed by atoms with E-state index in [1.807, 2.05) is 24.3 Å². The van der Waals surface area contributed by atoms with E-state index in [1.165, 1.54) is 6.33 Å². The molecule has 0 saturated carbocycles. The van der Waals surface area contributed by atoms with Gasteiger partial charge in [-0.1, -0.05) is 12.0 Å². The van der Waals surface area contributed by atoms with Gasteiger partial charge in [0.1, 0.15) is 18.7 Å². The van der Waals surface area contributed by atoms with E-state index in [9.17, 15) is 4.79 Å². The second kappa shape index (κ2) is 5.54. The van der Waals surface area contributed by atoms with Crippen molar-refractivity contribution >= 4 is 22.8 Å². The molecule has 3 rings (SSSR count). The number of nitrogens with one attached hydrogen (secondary N) is 1. The fraction of sp³-hybridized carbons (Fsp3) is 0.0667. The highest BCUT2D eigenvalue weighted by Crippen LogP contribution is 2.21. The summed E-state index contributed by atoms with van der Waals surface area (Å²) in [6.45, 7) is -0.232. The number of hydrogen-bond acceptors (Lipinski definition) is 5. The van der Waals surface area contributed by atoms with Gasteiger partial charge in [0.15, 0.2) is 5.65 Å². The molecule has 0 unspecified atom stereocenters. The number of nitrogens with zero attached hydrogens (tertiary/aromatic N) is 4. The standard InChI is InChI=1S/C15H11N5O2/c1-2-10-4-3-5-11(6-10)20-15-12(7-19-20)14(17-9-18-15)16-8-13(21)22/h1,3-7,9H,8H2,(H,21,22)(H,16,17,18). The van der Waals surface area contributed by atoms with E-state index >= 15 is 0 Å². The summed E-state index contributed by atoms with van der Waals surface area (Å²) in [5.41, 5.74) is 2.07. The number of aliphatic carboxylic acids is 1. The SMILES string of the molecule is C#Cc1cccc(-n2ncc3c(NCC(=O)O)ncnc32)c1. The molecule has 2 heterocycles. The van der Waals surface area contributed by atoms with Crippen molar-refractivity contribution in [2.75, 3.05) is 11.9 Å². The highest BCUT2D eigenvalue weighted by molar-refractivity contribution is 5.88. The van der Waals surface area contributed by atoms with Gasteiger partial charge in [-0.3, -0.25) is 4.79 Å². The Bertz CT molecular complexity index is 894. The van der Waals surface area contributed by atoms with E-state index in [2.05, 4.69) is 26.3 Å². The molecule has 3 aromatic rings. The van der Waals surface area contributed by atoms with E-state index in [0.29, 0.717) is 16.9 Å². The second-order valence-electron chi connectivity index (χ2n) is 4.46. The first kappa shape index (κ1) is 13.6. The second-order valence-corrected chi connectivity index (χ2v) is 4.46. The molecule has 2 N–H and O–H groups in total. The Labute approximate surface area is 125 Å². The Kier molecular flexibility index (Phi) is 3.42. The largest absolute Gasteiger partial charge is 0.480 e. The predicted octanol–water partition coefficient (Wildman–Crippen LogP) is 1.29. The number of aromatic nitrogens is 4. The van der Waals surface area contributed by atoms with Gasteiger partial charge in [0, 0.05) is 5.56 Å². The van der Waals surface area contributed by atoms with Gasteiger partial charge < -0.3 is 10.4 Å². The molecule has 1 aromatic carbocycles. The molecule has 0 aliphatic heterocycles. The molecule has 0 radical (unpaired) electrons. The fourth-order valence-electron chi connectivity index (χ4n) is 2.06. The molecule has 0 bridgehead atoms. The van der Waals surface area contributed by atoms with Gasteiger partial charge in [-0.25, -0.2) is 14.6 Å². The Morgan fingerprint density at radius 2 is 2.27 bits per heavy atom. The molecule has 22 heavy (non-hydrogen) atoms. The smallest absolute Gasteiger partial charge is 0.322 e. The number of terminal acetylenes is 1. The number of carbonyl (C=O) groups is 1. The lowest BCUT2D eigenvalue weighted by Crippen LogP contribution is -2.13. The monoisotopic (exact) mass is 293 g/mol. The molecule has 7 heteroatoms. The molecule has 0 amide bonds. The maximum absolute atomic E-state index is 10.7. The number of benzene rings is 1. The van der Waals surface area contributed by atoms with Crippen molar-refractivity contribution < 1.29 is 9.90 Å². The van der Waals surface area contributed by atoms with Gasteiger partial charge in [0.05, 0.1) is 17.3 Å². The van der Waals surface area contributed by atoms with Crippen molar-refractivity contribution in [1.29, 1.82) is 0 Å². The van der Waals surface area contributed by atoms with E-state index in [1.54, 1.807) is 10.9 Å². The molecule has 2 aromatic heterocycles. The highest BCUT2D eigenvalue weighted by Gasteiger charge is 2.11. The van der Waals surface area contributed by atoms with Crippen LogP contribution in [0, 0.1) is 12.3 Å². The van der Waals surface area contributed by atoms with Crippen LogP contribution >= 0.6 is 0 Å². The van der Waals surface area contributed by atoms with Crippen LogP contribution in [0.4, 0.5) is 5.82 Å². The van der Waals surface area contributed by atoms with Crippen LogP contribution < -0.4 is 5.32 Å². The van der Waals surface area contributed by atoms with Gasteiger partial charge in [-0.05, 0) is 18.2 Å². The topological polar surface area (TPSA) is 92.9 Å². The zero-order valence-electron chi connectivity index (χ0n) is 11.4. The van der Waals surface area contributed by atoms with Gasteiger partial charge in [0.2, 0.25) is 0 Å². The van der Waals surface area contributed by atoms with Crippen LogP contribution in [0.2, 0.25) is 0 Å². The molecule has 0 atom stereocenters. The Morgan fingerprint density at radius 1 is 1.41 bits per heavy atom. The Balaban J connectivity index is 2.07. The minimum absolute atomic E-state index is 0.232. The number of fused-ring (bicyclic) bond motifs is 1. The number of carboxylic acid groups (broad SMARTS) is 1. The summed E-state index contributed by atoms with van der Waals surface area (Å²) in [6, 6.07) is 7.34. The molecule has 108 valence electrons. The predicted molar refractivity (Wildman–Crippen MR) is 80.7 cm³/mol. The summed E-state index contributed by atoms with van der Waals surface area (Å²) < 4.78 is 1.63. The number of hydrogen-bond donors (Lipinski definition) is 2. The molecule has 0 saturated heterocycles. The third kappa shape index (κ3) is 2.45. The fourth-order valence-corrected chi connectivity index (χ4v) is 2.06. The van der Waals surface area contributed by atoms with Crippen LogP contribution in [0.5, 0.6) is 0 Å². The molecule has 0 fully saturated rings. The number of rotatable bonds is 4. The van der Waals surface area contributed by atoms with Crippen molar-refractivity contribution in [3.05, 3.63) is 42.4 Å². The minimum atomic E-state index is -0.971. The van der Waals surface area contributed by atoms with E-state index in [0.717, 1.165) is 11.3 Å². The van der Waals surface area contributed by atoms with Crippen LogP contribution in [-0.2, 0) is 4.79 Å². The van der Waals surface area contributed by atoms with Crippen LogP contribution in [0.3, 0.4) is 0 Å². The summed E-state index contributed by atoms with van der Waals surface area (Å²) in [5.74, 6) is 2.02. The first-order valence-corrected chi connectivity index (χ1v) is 6.40. The van der Waals surface area contributed by atoms with Crippen molar-refractivity contribution in [2.24, 2.45) is 0 Å². The normalized spacial score (nSPS) is 10.3. The lowest BCUT2D eigenvalue weighted by Gasteiger charge is -2.05. The van der Waals surface area contributed by atoms with Crippen molar-refractivity contribution in [2.45, 2.75) is 0 Å². The Hall–Kier alpha value is -3.40. The average molecular weight is 293 g/mol. The third-order valence-corrected chi connectivity index (χ3v) is 3.03. The highest BCUT2D eigenvalue weighted by atomic mass is 16.4. The van der Waals surface area contributed by atoms with Crippen molar-refractivity contribution in [3.63, 3.8) is 0 Å². The molecular weight excluding hydrogens is 282 g/mol. The summed E-state index contributed by atoms with van der Waals surface area (Å²) in [6.07, 6.45) is 8.35. The summed E-state index contributed by atoms with van der Waals surface area (Å²) in [7, 11) is 0. The third-order valence-electron chi connectivity index (χ3n) is 3.03. The molecule has 0 aliphatic carbocycles. The molecule has 7 nitrogen and oxygen atoms in total. The summed E-state index contributed by atoms with van der Waals surface area (Å²) in [5, 5.41) is 16.4. The summed E-state index contributed by atoms with van der Waals surface area (Å²) >= 11 is 0. The van der Waals surface area contributed by atoms with Crippen LogP contribution in [0.15, 0.2) is 36.8 Å². The van der Waals surface area contributed by atoms with Crippen LogP contribution in [0.25, 0.3) is 16.7 Å². The zero-order chi connectivity index (χ0) is 15.5.